The van der Waals surface area contributed by atoms with Gasteiger partial charge in [-0.05, 0) is 24.3 Å². The quantitative estimate of drug-likeness (QED) is 0.545. The predicted molar refractivity (Wildman–Crippen MR) is 65.9 cm³/mol. The van der Waals surface area contributed by atoms with E-state index in [2.05, 4.69) is 25.3 Å². The summed E-state index contributed by atoms with van der Waals surface area (Å²) in [6.07, 6.45) is 5.13. The van der Waals surface area contributed by atoms with Gasteiger partial charge in [-0.25, -0.2) is 14.5 Å². The average molecular weight is 236 g/mol. The van der Waals surface area contributed by atoms with E-state index >= 15 is 0 Å². The molecule has 0 amide bonds. The fourth-order valence-electron chi connectivity index (χ4n) is 2.10. The summed E-state index contributed by atoms with van der Waals surface area (Å²) in [6, 6.07) is 7.80. The van der Waals surface area contributed by atoms with Crippen molar-refractivity contribution in [2.45, 2.75) is 0 Å². The first kappa shape index (κ1) is 9.29. The number of hydrogen-bond donors (Lipinski definition) is 1. The minimum Gasteiger partial charge on any atom is -0.275 e. The number of pyridine rings is 2. The monoisotopic (exact) mass is 236 g/mol. The van der Waals surface area contributed by atoms with Crippen molar-refractivity contribution in [3.8, 4) is 11.3 Å². The van der Waals surface area contributed by atoms with E-state index in [0.717, 1.165) is 22.3 Å². The highest BCUT2D eigenvalue weighted by Gasteiger charge is 2.12. The Hall–Kier alpha value is -2.76. The van der Waals surface area contributed by atoms with Crippen LogP contribution in [0.15, 0.2) is 43.0 Å². The molecular formula is C12H8N6. The van der Waals surface area contributed by atoms with Gasteiger partial charge in [0.2, 0.25) is 0 Å². The average Bonchev–Trinajstić information content (AvgIpc) is 3.05. The first-order chi connectivity index (χ1) is 8.93. The molecule has 0 aromatic carbocycles. The highest BCUT2D eigenvalue weighted by Crippen LogP contribution is 2.27. The van der Waals surface area contributed by atoms with Crippen LogP contribution < -0.4 is 0 Å². The normalized spacial score (nSPS) is 11.3. The lowest BCUT2D eigenvalue weighted by Gasteiger charge is -2.00. The van der Waals surface area contributed by atoms with Gasteiger partial charge in [0, 0.05) is 23.3 Å². The zero-order valence-electron chi connectivity index (χ0n) is 9.28. The Bertz CT molecular complexity index is 844. The molecule has 1 N–H and O–H groups in total. The summed E-state index contributed by atoms with van der Waals surface area (Å²) in [5.74, 6) is 0. The van der Waals surface area contributed by atoms with Gasteiger partial charge in [0.05, 0.1) is 5.69 Å². The first-order valence-electron chi connectivity index (χ1n) is 5.51. The fraction of sp³-hybridized carbons (Fsp3) is 0. The molecule has 4 aromatic heterocycles. The molecule has 0 unspecified atom stereocenters. The third-order valence-electron chi connectivity index (χ3n) is 2.90. The van der Waals surface area contributed by atoms with E-state index in [1.807, 2.05) is 30.5 Å². The second-order valence-electron chi connectivity index (χ2n) is 3.92. The third-order valence-corrected chi connectivity index (χ3v) is 2.90. The molecule has 0 saturated heterocycles. The van der Waals surface area contributed by atoms with E-state index in [-0.39, 0.29) is 0 Å². The first-order valence-corrected chi connectivity index (χ1v) is 5.51. The molecule has 0 atom stereocenters. The zero-order valence-corrected chi connectivity index (χ0v) is 9.28. The van der Waals surface area contributed by atoms with Gasteiger partial charge in [-0.3, -0.25) is 5.10 Å². The molecule has 0 radical (unpaired) electrons. The van der Waals surface area contributed by atoms with Crippen LogP contribution in [0.5, 0.6) is 0 Å². The summed E-state index contributed by atoms with van der Waals surface area (Å²) in [7, 11) is 0. The third kappa shape index (κ3) is 1.17. The molecule has 0 spiro atoms. The van der Waals surface area contributed by atoms with Crippen molar-refractivity contribution in [2.75, 3.05) is 0 Å². The summed E-state index contributed by atoms with van der Waals surface area (Å²) in [4.78, 5) is 8.47. The van der Waals surface area contributed by atoms with Crippen molar-refractivity contribution < 1.29 is 0 Å². The molecule has 6 heteroatoms. The van der Waals surface area contributed by atoms with Gasteiger partial charge in [0.15, 0.2) is 11.3 Å². The summed E-state index contributed by atoms with van der Waals surface area (Å²) >= 11 is 0. The molecule has 0 fully saturated rings. The molecule has 0 saturated carbocycles. The van der Waals surface area contributed by atoms with Crippen LogP contribution in [-0.2, 0) is 0 Å². The van der Waals surface area contributed by atoms with Crippen molar-refractivity contribution in [1.82, 2.24) is 29.8 Å². The van der Waals surface area contributed by atoms with E-state index in [4.69, 9.17) is 0 Å². The molecule has 4 heterocycles. The van der Waals surface area contributed by atoms with Crippen LogP contribution in [0.3, 0.4) is 0 Å². The maximum atomic E-state index is 4.27. The van der Waals surface area contributed by atoms with Gasteiger partial charge >= 0.3 is 0 Å². The molecule has 4 rings (SSSR count). The minimum absolute atomic E-state index is 0.703. The molecule has 0 aliphatic rings. The van der Waals surface area contributed by atoms with Crippen LogP contribution in [-0.4, -0.2) is 29.8 Å². The predicted octanol–water partition coefficient (Wildman–Crippen LogP) is 1.67. The number of H-pyrrole nitrogens is 1. The SMILES string of the molecule is c1cnc2n[nH]c(-c3cccn4ncnc34)c2c1. The van der Waals surface area contributed by atoms with Crippen molar-refractivity contribution in [2.24, 2.45) is 0 Å². The second kappa shape index (κ2) is 3.36. The number of fused-ring (bicyclic) bond motifs is 2. The van der Waals surface area contributed by atoms with Crippen LogP contribution in [0, 0.1) is 0 Å². The van der Waals surface area contributed by atoms with E-state index in [9.17, 15) is 0 Å². The molecule has 0 aliphatic heterocycles. The Morgan fingerprint density at radius 3 is 3.11 bits per heavy atom. The molecule has 0 bridgehead atoms. The van der Waals surface area contributed by atoms with Gasteiger partial charge in [-0.1, -0.05) is 0 Å². The molecule has 86 valence electrons. The number of nitrogens with zero attached hydrogens (tertiary/aromatic N) is 5. The number of nitrogens with one attached hydrogen (secondary N) is 1. The van der Waals surface area contributed by atoms with Crippen LogP contribution in [0.1, 0.15) is 0 Å². The van der Waals surface area contributed by atoms with E-state index < -0.39 is 0 Å². The molecule has 6 nitrogen and oxygen atoms in total. The highest BCUT2D eigenvalue weighted by molar-refractivity contribution is 5.94. The fourth-order valence-corrected chi connectivity index (χ4v) is 2.10. The number of aromatic nitrogens is 6. The number of rotatable bonds is 1. The van der Waals surface area contributed by atoms with Gasteiger partial charge < -0.3 is 0 Å². The van der Waals surface area contributed by atoms with Gasteiger partial charge in [0.25, 0.3) is 0 Å². The van der Waals surface area contributed by atoms with Gasteiger partial charge in [-0.2, -0.15) is 10.2 Å². The van der Waals surface area contributed by atoms with Gasteiger partial charge in [0.1, 0.15) is 6.33 Å². The standard InChI is InChI=1S/C12H8N6/c1-3-8-10(16-17-11(8)13-5-1)9-4-2-6-18-12(9)14-7-15-18/h1-7H,(H,13,16,17). The molecular weight excluding hydrogens is 228 g/mol. The number of hydrogen-bond acceptors (Lipinski definition) is 4. The van der Waals surface area contributed by atoms with Crippen LogP contribution in [0.4, 0.5) is 0 Å². The second-order valence-corrected chi connectivity index (χ2v) is 3.92. The Morgan fingerprint density at radius 1 is 1.11 bits per heavy atom. The van der Waals surface area contributed by atoms with Crippen molar-refractivity contribution >= 4 is 16.7 Å². The van der Waals surface area contributed by atoms with E-state index in [0.29, 0.717) is 5.65 Å². The lowest BCUT2D eigenvalue weighted by atomic mass is 10.1. The van der Waals surface area contributed by atoms with Crippen LogP contribution >= 0.6 is 0 Å². The van der Waals surface area contributed by atoms with E-state index in [1.165, 1.54) is 6.33 Å². The van der Waals surface area contributed by atoms with Crippen molar-refractivity contribution in [3.63, 3.8) is 0 Å². The minimum atomic E-state index is 0.703. The van der Waals surface area contributed by atoms with E-state index in [1.54, 1.807) is 10.7 Å². The lowest BCUT2D eigenvalue weighted by Crippen LogP contribution is -1.89. The topological polar surface area (TPSA) is 71.8 Å². The lowest BCUT2D eigenvalue weighted by molar-refractivity contribution is 0.961. The Balaban J connectivity index is 2.10. The summed E-state index contributed by atoms with van der Waals surface area (Å²) in [6.45, 7) is 0. The number of aromatic amines is 1. The maximum Gasteiger partial charge on any atom is 0.181 e. The van der Waals surface area contributed by atoms with Crippen molar-refractivity contribution in [1.29, 1.82) is 0 Å². The molecule has 4 aromatic rings. The van der Waals surface area contributed by atoms with Crippen molar-refractivity contribution in [3.05, 3.63) is 43.0 Å². The Kier molecular flexibility index (Phi) is 1.74. The molecule has 0 aliphatic carbocycles. The summed E-state index contributed by atoms with van der Waals surface area (Å²) < 4.78 is 1.73. The molecule has 18 heavy (non-hydrogen) atoms. The van der Waals surface area contributed by atoms with Crippen LogP contribution in [0.25, 0.3) is 27.9 Å². The smallest absolute Gasteiger partial charge is 0.181 e. The maximum absolute atomic E-state index is 4.27. The summed E-state index contributed by atoms with van der Waals surface area (Å²) in [5.41, 5.74) is 3.38. The largest absolute Gasteiger partial charge is 0.275 e. The van der Waals surface area contributed by atoms with Crippen LogP contribution in [0.2, 0.25) is 0 Å². The summed E-state index contributed by atoms with van der Waals surface area (Å²) in [5, 5.41) is 12.3. The Labute approximate surface area is 101 Å². The van der Waals surface area contributed by atoms with Gasteiger partial charge in [-0.15, -0.1) is 0 Å². The Morgan fingerprint density at radius 2 is 2.11 bits per heavy atom. The zero-order chi connectivity index (χ0) is 11.9. The highest BCUT2D eigenvalue weighted by atomic mass is 15.3.